The SMILES string of the molecule is CCn1nc(C)c(CNCC2CCN(C[C@@H](C)O)CC2)c1C. The largest absolute Gasteiger partial charge is 0.392 e. The van der Waals surface area contributed by atoms with E-state index in [9.17, 15) is 5.11 Å². The number of rotatable bonds is 7. The summed E-state index contributed by atoms with van der Waals surface area (Å²) in [6.45, 7) is 14.3. The van der Waals surface area contributed by atoms with E-state index in [1.807, 2.05) is 6.92 Å². The highest BCUT2D eigenvalue weighted by Crippen LogP contribution is 2.17. The number of hydrogen-bond acceptors (Lipinski definition) is 4. The molecule has 2 N–H and O–H groups in total. The van der Waals surface area contributed by atoms with Gasteiger partial charge in [-0.05, 0) is 66.1 Å². The van der Waals surface area contributed by atoms with Gasteiger partial charge >= 0.3 is 0 Å². The highest BCUT2D eigenvalue weighted by Gasteiger charge is 2.20. The maximum atomic E-state index is 9.45. The van der Waals surface area contributed by atoms with Crippen molar-refractivity contribution in [3.63, 3.8) is 0 Å². The lowest BCUT2D eigenvalue weighted by Gasteiger charge is -2.32. The topological polar surface area (TPSA) is 53.3 Å². The lowest BCUT2D eigenvalue weighted by molar-refractivity contribution is 0.0998. The molecule has 0 spiro atoms. The van der Waals surface area contributed by atoms with Crippen LogP contribution in [0.5, 0.6) is 0 Å². The van der Waals surface area contributed by atoms with Crippen molar-refractivity contribution in [1.29, 1.82) is 0 Å². The van der Waals surface area contributed by atoms with Crippen LogP contribution in [0.1, 0.15) is 43.6 Å². The van der Waals surface area contributed by atoms with Gasteiger partial charge in [0.1, 0.15) is 0 Å². The van der Waals surface area contributed by atoms with Gasteiger partial charge in [-0.25, -0.2) is 0 Å². The quantitative estimate of drug-likeness (QED) is 0.805. The normalized spacial score (nSPS) is 18.8. The van der Waals surface area contributed by atoms with Crippen LogP contribution in [0.2, 0.25) is 0 Å². The first-order valence-corrected chi connectivity index (χ1v) is 8.65. The molecular weight excluding hydrogens is 276 g/mol. The van der Waals surface area contributed by atoms with Crippen molar-refractivity contribution in [1.82, 2.24) is 20.0 Å². The van der Waals surface area contributed by atoms with Gasteiger partial charge in [-0.15, -0.1) is 0 Å². The van der Waals surface area contributed by atoms with Crippen LogP contribution in [0.15, 0.2) is 0 Å². The predicted octanol–water partition coefficient (Wildman–Crippen LogP) is 1.70. The molecule has 0 bridgehead atoms. The average molecular weight is 308 g/mol. The Kier molecular flexibility index (Phi) is 6.41. The van der Waals surface area contributed by atoms with Crippen LogP contribution >= 0.6 is 0 Å². The highest BCUT2D eigenvalue weighted by atomic mass is 16.3. The van der Waals surface area contributed by atoms with E-state index in [1.165, 1.54) is 24.1 Å². The minimum Gasteiger partial charge on any atom is -0.392 e. The van der Waals surface area contributed by atoms with E-state index in [0.29, 0.717) is 0 Å². The molecule has 0 radical (unpaired) electrons. The fraction of sp³-hybridized carbons (Fsp3) is 0.824. The van der Waals surface area contributed by atoms with Gasteiger partial charge in [-0.3, -0.25) is 4.68 Å². The van der Waals surface area contributed by atoms with E-state index < -0.39 is 0 Å². The summed E-state index contributed by atoms with van der Waals surface area (Å²) in [7, 11) is 0. The van der Waals surface area contributed by atoms with Crippen molar-refractivity contribution in [2.24, 2.45) is 5.92 Å². The molecule has 1 aromatic rings. The summed E-state index contributed by atoms with van der Waals surface area (Å²) < 4.78 is 2.08. The van der Waals surface area contributed by atoms with Gasteiger partial charge < -0.3 is 15.3 Å². The minimum absolute atomic E-state index is 0.212. The number of aliphatic hydroxyl groups excluding tert-OH is 1. The van der Waals surface area contributed by atoms with E-state index in [2.05, 4.69) is 40.8 Å². The number of piperidine rings is 1. The Morgan fingerprint density at radius 2 is 2.00 bits per heavy atom. The summed E-state index contributed by atoms with van der Waals surface area (Å²) in [5, 5.41) is 17.7. The van der Waals surface area contributed by atoms with Crippen molar-refractivity contribution < 1.29 is 5.11 Å². The Morgan fingerprint density at radius 1 is 1.32 bits per heavy atom. The summed E-state index contributed by atoms with van der Waals surface area (Å²) in [6.07, 6.45) is 2.24. The third kappa shape index (κ3) is 4.54. The molecule has 0 aliphatic carbocycles. The molecule has 0 unspecified atom stereocenters. The van der Waals surface area contributed by atoms with E-state index in [1.54, 1.807) is 0 Å². The van der Waals surface area contributed by atoms with Gasteiger partial charge in [0.05, 0.1) is 11.8 Å². The van der Waals surface area contributed by atoms with Crippen molar-refractivity contribution in [2.75, 3.05) is 26.2 Å². The smallest absolute Gasteiger partial charge is 0.0641 e. The molecule has 1 fully saturated rings. The first kappa shape index (κ1) is 17.4. The van der Waals surface area contributed by atoms with Crippen molar-refractivity contribution in [3.05, 3.63) is 17.0 Å². The fourth-order valence-corrected chi connectivity index (χ4v) is 3.45. The number of nitrogens with one attached hydrogen (secondary N) is 1. The van der Waals surface area contributed by atoms with Gasteiger partial charge in [0.15, 0.2) is 0 Å². The Bertz CT molecular complexity index is 461. The molecule has 126 valence electrons. The zero-order valence-electron chi connectivity index (χ0n) is 14.6. The predicted molar refractivity (Wildman–Crippen MR) is 89.9 cm³/mol. The first-order chi connectivity index (χ1) is 10.5. The molecule has 0 amide bonds. The summed E-state index contributed by atoms with van der Waals surface area (Å²) in [5.41, 5.74) is 3.80. The van der Waals surface area contributed by atoms with Crippen LogP contribution < -0.4 is 5.32 Å². The van der Waals surface area contributed by atoms with Crippen LogP contribution in [-0.4, -0.2) is 52.1 Å². The summed E-state index contributed by atoms with van der Waals surface area (Å²) in [4.78, 5) is 2.38. The van der Waals surface area contributed by atoms with E-state index in [0.717, 1.165) is 50.9 Å². The van der Waals surface area contributed by atoms with E-state index in [4.69, 9.17) is 0 Å². The van der Waals surface area contributed by atoms with Gasteiger partial charge in [0.25, 0.3) is 0 Å². The second-order valence-corrected chi connectivity index (χ2v) is 6.69. The van der Waals surface area contributed by atoms with Crippen LogP contribution in [-0.2, 0) is 13.1 Å². The van der Waals surface area contributed by atoms with Crippen LogP contribution in [0.4, 0.5) is 0 Å². The summed E-state index contributed by atoms with van der Waals surface area (Å²) in [6, 6.07) is 0. The summed E-state index contributed by atoms with van der Waals surface area (Å²) in [5.74, 6) is 0.757. The third-order valence-electron chi connectivity index (χ3n) is 4.80. The van der Waals surface area contributed by atoms with E-state index in [-0.39, 0.29) is 6.10 Å². The van der Waals surface area contributed by atoms with Crippen molar-refractivity contribution in [2.45, 2.75) is 59.7 Å². The first-order valence-electron chi connectivity index (χ1n) is 8.65. The highest BCUT2D eigenvalue weighted by molar-refractivity contribution is 5.24. The maximum Gasteiger partial charge on any atom is 0.0641 e. The number of hydrogen-bond donors (Lipinski definition) is 2. The number of aromatic nitrogens is 2. The van der Waals surface area contributed by atoms with Crippen LogP contribution in [0, 0.1) is 19.8 Å². The molecule has 5 nitrogen and oxygen atoms in total. The van der Waals surface area contributed by atoms with Crippen molar-refractivity contribution in [3.8, 4) is 0 Å². The number of nitrogens with zero attached hydrogens (tertiary/aromatic N) is 3. The molecule has 0 saturated carbocycles. The molecule has 1 saturated heterocycles. The number of β-amino-alcohol motifs (C(OH)–C–C–N with tert-alkyl or cyclic N) is 1. The molecule has 1 atom stereocenters. The molecule has 0 aromatic carbocycles. The average Bonchev–Trinajstić information content (AvgIpc) is 2.75. The van der Waals surface area contributed by atoms with Crippen LogP contribution in [0.3, 0.4) is 0 Å². The van der Waals surface area contributed by atoms with E-state index >= 15 is 0 Å². The molecule has 22 heavy (non-hydrogen) atoms. The van der Waals surface area contributed by atoms with Gasteiger partial charge in [-0.2, -0.15) is 5.10 Å². The maximum absolute atomic E-state index is 9.45. The zero-order valence-corrected chi connectivity index (χ0v) is 14.6. The Morgan fingerprint density at radius 3 is 2.55 bits per heavy atom. The Balaban J connectivity index is 1.73. The van der Waals surface area contributed by atoms with Crippen molar-refractivity contribution >= 4 is 0 Å². The molecule has 2 rings (SSSR count). The molecule has 2 heterocycles. The second-order valence-electron chi connectivity index (χ2n) is 6.69. The van der Waals surface area contributed by atoms with Gasteiger partial charge in [0, 0.05) is 30.9 Å². The fourth-order valence-electron chi connectivity index (χ4n) is 3.45. The molecular formula is C17H32N4O. The van der Waals surface area contributed by atoms with Gasteiger partial charge in [-0.1, -0.05) is 0 Å². The number of aryl methyl sites for hydroxylation is 2. The standard InChI is InChI=1S/C17H32N4O/c1-5-21-15(4)17(14(3)19-21)11-18-10-16-6-8-20(9-7-16)12-13(2)22/h13,16,18,22H,5-12H2,1-4H3/t13-/m1/s1. The lowest BCUT2D eigenvalue weighted by atomic mass is 9.96. The molecule has 1 aliphatic heterocycles. The zero-order chi connectivity index (χ0) is 16.1. The lowest BCUT2D eigenvalue weighted by Crippen LogP contribution is -2.40. The number of aliphatic hydroxyl groups is 1. The number of likely N-dealkylation sites (tertiary alicyclic amines) is 1. The Hall–Kier alpha value is -0.910. The van der Waals surface area contributed by atoms with Gasteiger partial charge in [0.2, 0.25) is 0 Å². The summed E-state index contributed by atoms with van der Waals surface area (Å²) >= 11 is 0. The monoisotopic (exact) mass is 308 g/mol. The Labute approximate surface area is 134 Å². The molecule has 1 aromatic heterocycles. The third-order valence-corrected chi connectivity index (χ3v) is 4.80. The second kappa shape index (κ2) is 8.09. The minimum atomic E-state index is -0.212. The molecule has 5 heteroatoms. The van der Waals surface area contributed by atoms with Crippen LogP contribution in [0.25, 0.3) is 0 Å². The molecule has 1 aliphatic rings.